The molecule has 0 saturated carbocycles. The quantitative estimate of drug-likeness (QED) is 0.724. The second-order valence-electron chi connectivity index (χ2n) is 2.88. The van der Waals surface area contributed by atoms with Crippen molar-refractivity contribution in [1.82, 2.24) is 0 Å². The van der Waals surface area contributed by atoms with Gasteiger partial charge in [-0.3, -0.25) is 4.79 Å². The van der Waals surface area contributed by atoms with Gasteiger partial charge in [0.25, 0.3) is 5.91 Å². The van der Waals surface area contributed by atoms with E-state index >= 15 is 0 Å². The van der Waals surface area contributed by atoms with Gasteiger partial charge in [-0.25, -0.2) is 4.79 Å². The van der Waals surface area contributed by atoms with Crippen LogP contribution in [0.25, 0.3) is 0 Å². The van der Waals surface area contributed by atoms with Crippen molar-refractivity contribution >= 4 is 29.2 Å². The lowest BCUT2D eigenvalue weighted by atomic mass is 10.3. The van der Waals surface area contributed by atoms with Crippen molar-refractivity contribution in [3.63, 3.8) is 0 Å². The van der Waals surface area contributed by atoms with Crippen LogP contribution in [-0.2, 0) is 4.79 Å². The molecule has 1 aromatic rings. The van der Waals surface area contributed by atoms with Crippen LogP contribution in [0.3, 0.4) is 0 Å². The second-order valence-corrected chi connectivity index (χ2v) is 3.32. The molecule has 0 aromatic heterocycles. The largest absolute Gasteiger partial charge is 0.482 e. The molecule has 0 atom stereocenters. The number of hydrogen-bond acceptors (Lipinski definition) is 3. The van der Waals surface area contributed by atoms with Crippen LogP contribution in [0.5, 0.6) is 5.75 Å². The summed E-state index contributed by atoms with van der Waals surface area (Å²) in [4.78, 5) is 21.2. The number of urea groups is 1. The minimum absolute atomic E-state index is 0.266. The highest BCUT2D eigenvalue weighted by Gasteiger charge is 2.07. The molecule has 0 aliphatic heterocycles. The molecule has 0 aliphatic rings. The van der Waals surface area contributed by atoms with Crippen molar-refractivity contribution in [2.24, 2.45) is 11.5 Å². The summed E-state index contributed by atoms with van der Waals surface area (Å²) in [6.45, 7) is -0.297. The number of amides is 3. The monoisotopic (exact) mass is 243 g/mol. The van der Waals surface area contributed by atoms with Gasteiger partial charge in [0.1, 0.15) is 5.75 Å². The Balaban J connectivity index is 2.88. The molecule has 0 fully saturated rings. The molecule has 16 heavy (non-hydrogen) atoms. The predicted octanol–water partition coefficient (Wildman–Crippen LogP) is 0.695. The Labute approximate surface area is 96.5 Å². The molecule has 1 rings (SSSR count). The second kappa shape index (κ2) is 5.22. The van der Waals surface area contributed by atoms with E-state index in [0.29, 0.717) is 5.02 Å². The number of benzene rings is 1. The van der Waals surface area contributed by atoms with Crippen molar-refractivity contribution < 1.29 is 14.3 Å². The number of rotatable bonds is 4. The summed E-state index contributed by atoms with van der Waals surface area (Å²) in [5.41, 5.74) is 10.2. The number of nitrogens with one attached hydrogen (secondary N) is 1. The van der Waals surface area contributed by atoms with Gasteiger partial charge in [-0.15, -0.1) is 0 Å². The predicted molar refractivity (Wildman–Crippen MR) is 59.3 cm³/mol. The topological polar surface area (TPSA) is 107 Å². The third-order valence-corrected chi connectivity index (χ3v) is 1.80. The Morgan fingerprint density at radius 3 is 2.62 bits per heavy atom. The summed E-state index contributed by atoms with van der Waals surface area (Å²) in [5, 5.41) is 2.71. The van der Waals surface area contributed by atoms with Crippen LogP contribution in [-0.4, -0.2) is 18.5 Å². The maximum absolute atomic E-state index is 10.7. The summed E-state index contributed by atoms with van der Waals surface area (Å²) >= 11 is 5.72. The van der Waals surface area contributed by atoms with Gasteiger partial charge in [0.05, 0.1) is 5.69 Å². The van der Waals surface area contributed by atoms with Gasteiger partial charge in [0.2, 0.25) is 0 Å². The lowest BCUT2D eigenvalue weighted by Crippen LogP contribution is -2.22. The Kier molecular flexibility index (Phi) is 3.96. The lowest BCUT2D eigenvalue weighted by Gasteiger charge is -2.10. The number of halogens is 1. The van der Waals surface area contributed by atoms with Gasteiger partial charge in [-0.05, 0) is 18.2 Å². The Bertz CT molecular complexity index is 422. The van der Waals surface area contributed by atoms with E-state index in [1.165, 1.54) is 12.1 Å². The summed E-state index contributed by atoms with van der Waals surface area (Å²) in [5.74, 6) is -0.359. The standard InChI is InChI=1S/C9H10ClN3O3/c10-5-1-2-7(16-4-8(11)14)6(3-5)13-9(12)15/h1-3H,4H2,(H2,11,14)(H3,12,13,15). The van der Waals surface area contributed by atoms with Crippen molar-refractivity contribution in [3.8, 4) is 5.75 Å². The van der Waals surface area contributed by atoms with Gasteiger partial charge in [0, 0.05) is 5.02 Å². The highest BCUT2D eigenvalue weighted by atomic mass is 35.5. The van der Waals surface area contributed by atoms with E-state index in [2.05, 4.69) is 5.32 Å². The summed E-state index contributed by atoms with van der Waals surface area (Å²) < 4.78 is 5.05. The van der Waals surface area contributed by atoms with Crippen LogP contribution < -0.4 is 21.5 Å². The fourth-order valence-electron chi connectivity index (χ4n) is 1.01. The molecule has 0 unspecified atom stereocenters. The van der Waals surface area contributed by atoms with Gasteiger partial charge in [0.15, 0.2) is 6.61 Å². The number of carbonyl (C=O) groups excluding carboxylic acids is 2. The number of hydrogen-bond donors (Lipinski definition) is 3. The zero-order valence-electron chi connectivity index (χ0n) is 8.20. The van der Waals surface area contributed by atoms with Gasteiger partial charge < -0.3 is 21.5 Å². The minimum atomic E-state index is -0.758. The molecular weight excluding hydrogens is 234 g/mol. The maximum Gasteiger partial charge on any atom is 0.316 e. The lowest BCUT2D eigenvalue weighted by molar-refractivity contribution is -0.119. The highest BCUT2D eigenvalue weighted by molar-refractivity contribution is 6.31. The molecule has 7 heteroatoms. The van der Waals surface area contributed by atoms with Gasteiger partial charge in [-0.1, -0.05) is 11.6 Å². The average molecular weight is 244 g/mol. The molecule has 0 saturated heterocycles. The molecule has 1 aromatic carbocycles. The average Bonchev–Trinajstić information content (AvgIpc) is 2.15. The Morgan fingerprint density at radius 1 is 1.38 bits per heavy atom. The smallest absolute Gasteiger partial charge is 0.316 e. The van der Waals surface area contributed by atoms with E-state index in [0.717, 1.165) is 0 Å². The van der Waals surface area contributed by atoms with Crippen molar-refractivity contribution in [1.29, 1.82) is 0 Å². The van der Waals surface area contributed by atoms with E-state index in [1.807, 2.05) is 0 Å². The van der Waals surface area contributed by atoms with E-state index < -0.39 is 11.9 Å². The van der Waals surface area contributed by atoms with Crippen LogP contribution in [0, 0.1) is 0 Å². The molecule has 0 bridgehead atoms. The van der Waals surface area contributed by atoms with Crippen molar-refractivity contribution in [3.05, 3.63) is 23.2 Å². The Morgan fingerprint density at radius 2 is 2.06 bits per heavy atom. The molecule has 0 spiro atoms. The fourth-order valence-corrected chi connectivity index (χ4v) is 1.18. The molecule has 5 N–H and O–H groups in total. The SMILES string of the molecule is NC(=O)COc1ccc(Cl)cc1NC(N)=O. The van der Waals surface area contributed by atoms with Crippen molar-refractivity contribution in [2.45, 2.75) is 0 Å². The first-order chi connectivity index (χ1) is 7.49. The number of primary amides is 2. The van der Waals surface area contributed by atoms with E-state index in [4.69, 9.17) is 27.8 Å². The summed E-state index contributed by atoms with van der Waals surface area (Å²) in [6, 6.07) is 3.73. The number of anilines is 1. The Hall–Kier alpha value is -1.95. The molecule has 6 nitrogen and oxygen atoms in total. The molecule has 86 valence electrons. The van der Waals surface area contributed by atoms with Crippen LogP contribution >= 0.6 is 11.6 Å². The zero-order valence-corrected chi connectivity index (χ0v) is 8.95. The summed E-state index contributed by atoms with van der Waals surface area (Å²) in [6.07, 6.45) is 0. The van der Waals surface area contributed by atoms with Crippen LogP contribution in [0.4, 0.5) is 10.5 Å². The third-order valence-electron chi connectivity index (χ3n) is 1.57. The molecule has 0 aliphatic carbocycles. The fraction of sp³-hybridized carbons (Fsp3) is 0.111. The molecule has 0 heterocycles. The highest BCUT2D eigenvalue weighted by Crippen LogP contribution is 2.27. The van der Waals surface area contributed by atoms with E-state index in [9.17, 15) is 9.59 Å². The first-order valence-electron chi connectivity index (χ1n) is 4.26. The van der Waals surface area contributed by atoms with Gasteiger partial charge >= 0.3 is 6.03 Å². The van der Waals surface area contributed by atoms with Crippen LogP contribution in [0.15, 0.2) is 18.2 Å². The molecule has 0 radical (unpaired) electrons. The van der Waals surface area contributed by atoms with Crippen LogP contribution in [0.1, 0.15) is 0 Å². The molecule has 3 amide bonds. The first kappa shape index (κ1) is 12.1. The third kappa shape index (κ3) is 3.66. The zero-order chi connectivity index (χ0) is 12.1. The van der Waals surface area contributed by atoms with Crippen molar-refractivity contribution in [2.75, 3.05) is 11.9 Å². The van der Waals surface area contributed by atoms with Crippen LogP contribution in [0.2, 0.25) is 5.02 Å². The first-order valence-corrected chi connectivity index (χ1v) is 4.64. The normalized spacial score (nSPS) is 9.56. The number of carbonyl (C=O) groups is 2. The molecular formula is C9H10ClN3O3. The maximum atomic E-state index is 10.7. The summed E-state index contributed by atoms with van der Waals surface area (Å²) in [7, 11) is 0. The number of ether oxygens (including phenoxy) is 1. The number of nitrogens with two attached hydrogens (primary N) is 2. The minimum Gasteiger partial charge on any atom is -0.482 e. The van der Waals surface area contributed by atoms with E-state index in [-0.39, 0.29) is 18.0 Å². The van der Waals surface area contributed by atoms with E-state index in [1.54, 1.807) is 6.07 Å². The van der Waals surface area contributed by atoms with Gasteiger partial charge in [-0.2, -0.15) is 0 Å².